The molecule has 3 N–H and O–H groups in total. The Hall–Kier alpha value is -2.79. The molecule has 2 amide bonds. The molecule has 0 saturated carbocycles. The molecular formula is C27H30ClN3O5S2. The average Bonchev–Trinajstić information content (AvgIpc) is 3.15. The lowest BCUT2D eigenvalue weighted by Crippen LogP contribution is -2.46. The Morgan fingerprint density at radius 1 is 1.16 bits per heavy atom. The standard InChI is InChI=1S/C27H30ClN3O5S2/c1-16(2)14-20(24-19-6-3-4-8-23(19)37-25(24)26(29)33)27(34)30-21-7-5-13-31(15-22(21)32)38(35,36)18-11-9-17(28)10-12-18/h3-4,6,8-12,16,20-21H,5,7,13-15H2,1-2H3,(H2,29,33)(H,30,34)/t20-,21+/m0/s1. The summed E-state index contributed by atoms with van der Waals surface area (Å²) >= 11 is 7.14. The quantitative estimate of drug-likeness (QED) is 0.413. The smallest absolute Gasteiger partial charge is 0.259 e. The molecule has 2 heterocycles. The second kappa shape index (κ2) is 11.5. The van der Waals surface area contributed by atoms with E-state index in [9.17, 15) is 22.8 Å². The van der Waals surface area contributed by atoms with Crippen molar-refractivity contribution in [3.8, 4) is 0 Å². The summed E-state index contributed by atoms with van der Waals surface area (Å²) in [6.45, 7) is 3.77. The van der Waals surface area contributed by atoms with Crippen molar-refractivity contribution >= 4 is 60.6 Å². The zero-order valence-electron chi connectivity index (χ0n) is 21.1. The van der Waals surface area contributed by atoms with Crippen molar-refractivity contribution in [1.29, 1.82) is 0 Å². The first kappa shape index (κ1) is 28.2. The van der Waals surface area contributed by atoms with E-state index in [1.54, 1.807) is 0 Å². The first-order chi connectivity index (χ1) is 18.0. The van der Waals surface area contributed by atoms with Gasteiger partial charge in [0.05, 0.1) is 28.3 Å². The summed E-state index contributed by atoms with van der Waals surface area (Å²) in [4.78, 5) is 39.6. The number of halogens is 1. The van der Waals surface area contributed by atoms with Gasteiger partial charge in [-0.1, -0.05) is 43.6 Å². The van der Waals surface area contributed by atoms with Gasteiger partial charge in [0.2, 0.25) is 15.9 Å². The number of hydrogen-bond donors (Lipinski definition) is 2. The fourth-order valence-electron chi connectivity index (χ4n) is 4.80. The van der Waals surface area contributed by atoms with Crippen molar-refractivity contribution in [1.82, 2.24) is 9.62 Å². The van der Waals surface area contributed by atoms with E-state index in [4.69, 9.17) is 17.3 Å². The molecule has 0 radical (unpaired) electrons. The van der Waals surface area contributed by atoms with E-state index in [1.807, 2.05) is 38.1 Å². The number of nitrogens with zero attached hydrogens (tertiary/aromatic N) is 1. The van der Waals surface area contributed by atoms with Crippen LogP contribution < -0.4 is 11.1 Å². The number of Topliss-reactive ketones (excluding diaryl/α,β-unsaturated/α-hetero) is 1. The van der Waals surface area contributed by atoms with Gasteiger partial charge >= 0.3 is 0 Å². The minimum absolute atomic E-state index is 0.0532. The predicted molar refractivity (Wildman–Crippen MR) is 149 cm³/mol. The second-order valence-electron chi connectivity index (χ2n) is 9.85. The molecule has 2 aromatic carbocycles. The third-order valence-electron chi connectivity index (χ3n) is 6.62. The van der Waals surface area contributed by atoms with Crippen molar-refractivity contribution in [3.05, 3.63) is 64.0 Å². The maximum atomic E-state index is 13.7. The molecule has 4 rings (SSSR count). The Labute approximate surface area is 231 Å². The third-order valence-corrected chi connectivity index (χ3v) is 9.93. The normalized spacial score (nSPS) is 17.9. The van der Waals surface area contributed by atoms with Crippen LogP contribution in [0.2, 0.25) is 5.02 Å². The highest BCUT2D eigenvalue weighted by Crippen LogP contribution is 2.39. The van der Waals surface area contributed by atoms with E-state index < -0.39 is 27.9 Å². The van der Waals surface area contributed by atoms with E-state index in [0.717, 1.165) is 14.4 Å². The van der Waals surface area contributed by atoms with E-state index in [0.29, 0.717) is 34.7 Å². The molecule has 1 aromatic heterocycles. The molecule has 1 saturated heterocycles. The maximum absolute atomic E-state index is 13.7. The average molecular weight is 576 g/mol. The highest BCUT2D eigenvalue weighted by Gasteiger charge is 2.36. The molecule has 202 valence electrons. The summed E-state index contributed by atoms with van der Waals surface area (Å²) in [6, 6.07) is 12.4. The first-order valence-electron chi connectivity index (χ1n) is 12.4. The Morgan fingerprint density at radius 3 is 2.50 bits per heavy atom. The summed E-state index contributed by atoms with van der Waals surface area (Å²) in [5, 5.41) is 4.08. The molecule has 0 aliphatic carbocycles. The second-order valence-corrected chi connectivity index (χ2v) is 13.3. The lowest BCUT2D eigenvalue weighted by atomic mass is 9.87. The fourth-order valence-corrected chi connectivity index (χ4v) is 7.49. The van der Waals surface area contributed by atoms with Crippen LogP contribution in [0, 0.1) is 5.92 Å². The minimum Gasteiger partial charge on any atom is -0.365 e. The summed E-state index contributed by atoms with van der Waals surface area (Å²) in [7, 11) is -3.90. The number of amides is 2. The van der Waals surface area contributed by atoms with Crippen LogP contribution in [0.25, 0.3) is 10.1 Å². The van der Waals surface area contributed by atoms with Crippen molar-refractivity contribution < 1.29 is 22.8 Å². The number of fused-ring (bicyclic) bond motifs is 1. The Morgan fingerprint density at radius 2 is 1.84 bits per heavy atom. The predicted octanol–water partition coefficient (Wildman–Crippen LogP) is 4.32. The zero-order chi connectivity index (χ0) is 27.6. The van der Waals surface area contributed by atoms with Gasteiger partial charge in [0, 0.05) is 16.3 Å². The van der Waals surface area contributed by atoms with Crippen LogP contribution in [0.3, 0.4) is 0 Å². The SMILES string of the molecule is CC(C)C[C@H](C(=O)N[C@@H]1CCCN(S(=O)(=O)c2ccc(Cl)cc2)CC1=O)c1c(C(N)=O)sc2ccccc12. The van der Waals surface area contributed by atoms with Crippen molar-refractivity contribution in [2.45, 2.75) is 50.0 Å². The number of benzene rings is 2. The van der Waals surface area contributed by atoms with Gasteiger partial charge in [0.1, 0.15) is 0 Å². The molecule has 0 unspecified atom stereocenters. The van der Waals surface area contributed by atoms with E-state index in [1.165, 1.54) is 35.6 Å². The highest BCUT2D eigenvalue weighted by molar-refractivity contribution is 7.89. The van der Waals surface area contributed by atoms with Crippen molar-refractivity contribution in [3.63, 3.8) is 0 Å². The van der Waals surface area contributed by atoms with Crippen molar-refractivity contribution in [2.75, 3.05) is 13.1 Å². The van der Waals surface area contributed by atoms with Crippen LogP contribution in [0.4, 0.5) is 0 Å². The fraction of sp³-hybridized carbons (Fsp3) is 0.370. The number of carbonyl (C=O) groups excluding carboxylic acids is 3. The largest absolute Gasteiger partial charge is 0.365 e. The molecule has 1 aliphatic heterocycles. The Balaban J connectivity index is 1.59. The van der Waals surface area contributed by atoms with Crippen LogP contribution in [0.15, 0.2) is 53.4 Å². The van der Waals surface area contributed by atoms with E-state index in [2.05, 4.69) is 5.32 Å². The molecule has 11 heteroatoms. The number of ketones is 1. The highest BCUT2D eigenvalue weighted by atomic mass is 35.5. The molecule has 2 atom stereocenters. The molecule has 38 heavy (non-hydrogen) atoms. The molecule has 0 bridgehead atoms. The third kappa shape index (κ3) is 5.93. The number of thiophene rings is 1. The summed E-state index contributed by atoms with van der Waals surface area (Å²) < 4.78 is 28.3. The van der Waals surface area contributed by atoms with Gasteiger partial charge in [-0.25, -0.2) is 8.42 Å². The zero-order valence-corrected chi connectivity index (χ0v) is 23.5. The molecule has 1 aliphatic rings. The van der Waals surface area contributed by atoms with Gasteiger partial charge in [-0.15, -0.1) is 11.3 Å². The summed E-state index contributed by atoms with van der Waals surface area (Å²) in [5.74, 6) is -1.94. The van der Waals surface area contributed by atoms with Gasteiger partial charge in [0.15, 0.2) is 5.78 Å². The molecule has 0 spiro atoms. The van der Waals surface area contributed by atoms with Gasteiger partial charge < -0.3 is 11.1 Å². The Bertz CT molecular complexity index is 1470. The van der Waals surface area contributed by atoms with Crippen LogP contribution in [-0.2, 0) is 19.6 Å². The van der Waals surface area contributed by atoms with Gasteiger partial charge in [-0.05, 0) is 66.5 Å². The lowest BCUT2D eigenvalue weighted by Gasteiger charge is -2.23. The van der Waals surface area contributed by atoms with Gasteiger partial charge in [-0.3, -0.25) is 14.4 Å². The number of sulfonamides is 1. The maximum Gasteiger partial charge on any atom is 0.259 e. The Kier molecular flexibility index (Phi) is 8.56. The summed E-state index contributed by atoms with van der Waals surface area (Å²) in [5.41, 5.74) is 6.28. The number of hydrogen-bond acceptors (Lipinski definition) is 6. The molecule has 3 aromatic rings. The lowest BCUT2D eigenvalue weighted by molar-refractivity contribution is -0.128. The number of nitrogens with one attached hydrogen (secondary N) is 1. The first-order valence-corrected chi connectivity index (χ1v) is 15.0. The van der Waals surface area contributed by atoms with Crippen LogP contribution >= 0.6 is 22.9 Å². The molecule has 8 nitrogen and oxygen atoms in total. The molecular weight excluding hydrogens is 546 g/mol. The van der Waals surface area contributed by atoms with E-state index in [-0.39, 0.29) is 35.6 Å². The monoisotopic (exact) mass is 575 g/mol. The number of nitrogens with two attached hydrogens (primary N) is 1. The summed E-state index contributed by atoms with van der Waals surface area (Å²) in [6.07, 6.45) is 1.15. The topological polar surface area (TPSA) is 127 Å². The van der Waals surface area contributed by atoms with E-state index >= 15 is 0 Å². The van der Waals surface area contributed by atoms with Gasteiger partial charge in [0.25, 0.3) is 5.91 Å². The minimum atomic E-state index is -3.90. The number of carbonyl (C=O) groups is 3. The number of primary amides is 1. The van der Waals surface area contributed by atoms with Crippen molar-refractivity contribution in [2.24, 2.45) is 11.7 Å². The number of rotatable bonds is 8. The van der Waals surface area contributed by atoms with Crippen LogP contribution in [0.1, 0.15) is 54.3 Å². The van der Waals surface area contributed by atoms with Crippen LogP contribution in [-0.4, -0.2) is 49.5 Å². The van der Waals surface area contributed by atoms with Crippen LogP contribution in [0.5, 0.6) is 0 Å². The molecule has 1 fully saturated rings. The van der Waals surface area contributed by atoms with Gasteiger partial charge in [-0.2, -0.15) is 4.31 Å².